The third kappa shape index (κ3) is 2.83. The minimum Gasteiger partial charge on any atom is -0.493 e. The van der Waals surface area contributed by atoms with E-state index in [0.29, 0.717) is 16.5 Å². The molecule has 24 heavy (non-hydrogen) atoms. The lowest BCUT2D eigenvalue weighted by atomic mass is 9.99. The summed E-state index contributed by atoms with van der Waals surface area (Å²) in [4.78, 5) is 18.4. The zero-order valence-electron chi connectivity index (χ0n) is 13.7. The standard InChI is InChI=1S/C18H17ClN2O3/c1-21-14-9-16(24-3)15(23-2)8-13(14)18(20-10-17(21)22)11-4-6-12(19)7-5-11/h4-9H,10H2,1-3H3. The van der Waals surface area contributed by atoms with E-state index in [-0.39, 0.29) is 12.5 Å². The summed E-state index contributed by atoms with van der Waals surface area (Å²) in [7, 11) is 4.87. The average molecular weight is 345 g/mol. The zero-order valence-corrected chi connectivity index (χ0v) is 14.4. The fourth-order valence-electron chi connectivity index (χ4n) is 2.66. The molecule has 1 aliphatic heterocycles. The predicted molar refractivity (Wildman–Crippen MR) is 94.9 cm³/mol. The molecule has 0 saturated carbocycles. The number of ether oxygens (including phenoxy) is 2. The van der Waals surface area contributed by atoms with E-state index in [0.717, 1.165) is 22.5 Å². The molecule has 0 saturated heterocycles. The highest BCUT2D eigenvalue weighted by Gasteiger charge is 2.25. The van der Waals surface area contributed by atoms with Crippen LogP contribution in [0.3, 0.4) is 0 Å². The topological polar surface area (TPSA) is 51.1 Å². The molecule has 0 aromatic heterocycles. The monoisotopic (exact) mass is 344 g/mol. The Hall–Kier alpha value is -2.53. The van der Waals surface area contributed by atoms with Gasteiger partial charge in [-0.3, -0.25) is 9.79 Å². The quantitative estimate of drug-likeness (QED) is 0.859. The number of anilines is 1. The van der Waals surface area contributed by atoms with Crippen LogP contribution in [0.4, 0.5) is 5.69 Å². The van der Waals surface area contributed by atoms with Gasteiger partial charge in [-0.05, 0) is 18.2 Å². The summed E-state index contributed by atoms with van der Waals surface area (Å²) < 4.78 is 10.8. The van der Waals surface area contributed by atoms with Crippen LogP contribution >= 0.6 is 11.6 Å². The van der Waals surface area contributed by atoms with Crippen molar-refractivity contribution >= 4 is 28.9 Å². The summed E-state index contributed by atoms with van der Waals surface area (Å²) in [5.74, 6) is 1.06. The number of carbonyl (C=O) groups excluding carboxylic acids is 1. The van der Waals surface area contributed by atoms with Crippen LogP contribution in [0.2, 0.25) is 5.02 Å². The summed E-state index contributed by atoms with van der Waals surface area (Å²) >= 11 is 5.98. The number of benzodiazepines with no additional fused rings is 1. The number of nitrogens with zero attached hydrogens (tertiary/aromatic N) is 2. The lowest BCUT2D eigenvalue weighted by molar-refractivity contribution is -0.116. The van der Waals surface area contributed by atoms with E-state index < -0.39 is 0 Å². The molecule has 0 radical (unpaired) electrons. The molecule has 0 bridgehead atoms. The van der Waals surface area contributed by atoms with Gasteiger partial charge in [-0.15, -0.1) is 0 Å². The number of fused-ring (bicyclic) bond motifs is 1. The molecule has 1 aliphatic rings. The molecule has 3 rings (SSSR count). The number of rotatable bonds is 3. The van der Waals surface area contributed by atoms with Gasteiger partial charge in [0, 0.05) is 29.3 Å². The van der Waals surface area contributed by atoms with Crippen LogP contribution in [0.1, 0.15) is 11.1 Å². The molecule has 0 aliphatic carbocycles. The van der Waals surface area contributed by atoms with Crippen LogP contribution in [-0.4, -0.2) is 39.4 Å². The minimum absolute atomic E-state index is 0.0772. The van der Waals surface area contributed by atoms with Crippen LogP contribution in [0.25, 0.3) is 0 Å². The molecule has 0 spiro atoms. The van der Waals surface area contributed by atoms with Gasteiger partial charge in [0.05, 0.1) is 25.6 Å². The molecule has 6 heteroatoms. The molecule has 5 nitrogen and oxygen atoms in total. The van der Waals surface area contributed by atoms with Gasteiger partial charge >= 0.3 is 0 Å². The molecule has 0 fully saturated rings. The molecule has 2 aromatic carbocycles. The summed E-state index contributed by atoms with van der Waals surface area (Å²) in [6.07, 6.45) is 0. The van der Waals surface area contributed by atoms with E-state index in [9.17, 15) is 4.79 Å². The Morgan fingerprint density at radius 1 is 1.08 bits per heavy atom. The number of hydrogen-bond acceptors (Lipinski definition) is 4. The van der Waals surface area contributed by atoms with Crippen molar-refractivity contribution in [2.75, 3.05) is 32.7 Å². The third-order valence-corrected chi connectivity index (χ3v) is 4.23. The minimum atomic E-state index is -0.0903. The van der Waals surface area contributed by atoms with Gasteiger partial charge in [-0.1, -0.05) is 23.7 Å². The van der Waals surface area contributed by atoms with Gasteiger partial charge in [-0.25, -0.2) is 0 Å². The fraction of sp³-hybridized carbons (Fsp3) is 0.222. The van der Waals surface area contributed by atoms with Crippen LogP contribution in [0.15, 0.2) is 41.4 Å². The number of benzene rings is 2. The van der Waals surface area contributed by atoms with Crippen molar-refractivity contribution in [3.05, 3.63) is 52.5 Å². The number of methoxy groups -OCH3 is 2. The van der Waals surface area contributed by atoms with Crippen molar-refractivity contribution in [2.45, 2.75) is 0 Å². The Bertz CT molecular complexity index is 816. The lowest BCUT2D eigenvalue weighted by Gasteiger charge is -2.20. The molecule has 2 aromatic rings. The molecule has 1 amide bonds. The fourth-order valence-corrected chi connectivity index (χ4v) is 2.79. The number of aliphatic imine (C=N–C) groups is 1. The summed E-state index contributed by atoms with van der Waals surface area (Å²) in [6, 6.07) is 11.0. The molecular formula is C18H17ClN2O3. The molecule has 0 atom stereocenters. The van der Waals surface area contributed by atoms with Crippen molar-refractivity contribution in [1.82, 2.24) is 0 Å². The van der Waals surface area contributed by atoms with E-state index in [1.165, 1.54) is 0 Å². The highest BCUT2D eigenvalue weighted by Crippen LogP contribution is 2.37. The zero-order chi connectivity index (χ0) is 17.3. The van der Waals surface area contributed by atoms with Gasteiger partial charge in [0.1, 0.15) is 6.54 Å². The molecule has 0 unspecified atom stereocenters. The average Bonchev–Trinajstić information content (AvgIpc) is 2.72. The van der Waals surface area contributed by atoms with Crippen molar-refractivity contribution in [1.29, 1.82) is 0 Å². The summed E-state index contributed by atoms with van der Waals surface area (Å²) in [5.41, 5.74) is 3.14. The predicted octanol–water partition coefficient (Wildman–Crippen LogP) is 3.17. The van der Waals surface area contributed by atoms with E-state index in [4.69, 9.17) is 21.1 Å². The Labute approximate surface area is 145 Å². The van der Waals surface area contributed by atoms with Gasteiger partial charge in [0.2, 0.25) is 5.91 Å². The van der Waals surface area contributed by atoms with Crippen molar-refractivity contribution < 1.29 is 14.3 Å². The van der Waals surface area contributed by atoms with Gasteiger partial charge < -0.3 is 14.4 Å². The van der Waals surface area contributed by atoms with Gasteiger partial charge in [0.25, 0.3) is 0 Å². The van der Waals surface area contributed by atoms with Gasteiger partial charge in [0.15, 0.2) is 11.5 Å². The second kappa shape index (κ2) is 6.53. The van der Waals surface area contributed by atoms with E-state index in [2.05, 4.69) is 4.99 Å². The molecular weight excluding hydrogens is 328 g/mol. The van der Waals surface area contributed by atoms with Crippen LogP contribution < -0.4 is 14.4 Å². The van der Waals surface area contributed by atoms with E-state index >= 15 is 0 Å². The maximum Gasteiger partial charge on any atom is 0.248 e. The number of halogens is 1. The van der Waals surface area contributed by atoms with Crippen molar-refractivity contribution in [3.63, 3.8) is 0 Å². The first-order valence-corrected chi connectivity index (χ1v) is 7.76. The number of likely N-dealkylation sites (N-methyl/N-ethyl adjacent to an activating group) is 1. The maximum absolute atomic E-state index is 12.3. The largest absolute Gasteiger partial charge is 0.493 e. The van der Waals surface area contributed by atoms with Crippen LogP contribution in [-0.2, 0) is 4.79 Å². The highest BCUT2D eigenvalue weighted by molar-refractivity contribution is 6.30. The Morgan fingerprint density at radius 3 is 2.33 bits per heavy atom. The van der Waals surface area contributed by atoms with E-state index in [1.807, 2.05) is 18.2 Å². The lowest BCUT2D eigenvalue weighted by Crippen LogP contribution is -2.27. The third-order valence-electron chi connectivity index (χ3n) is 3.98. The number of amides is 1. The van der Waals surface area contributed by atoms with E-state index in [1.54, 1.807) is 44.4 Å². The Morgan fingerprint density at radius 2 is 1.71 bits per heavy atom. The maximum atomic E-state index is 12.3. The van der Waals surface area contributed by atoms with Crippen molar-refractivity contribution in [3.8, 4) is 11.5 Å². The van der Waals surface area contributed by atoms with Crippen LogP contribution in [0, 0.1) is 0 Å². The van der Waals surface area contributed by atoms with Crippen molar-refractivity contribution in [2.24, 2.45) is 4.99 Å². The molecule has 124 valence electrons. The summed E-state index contributed by atoms with van der Waals surface area (Å²) in [5, 5.41) is 0.647. The summed E-state index contributed by atoms with van der Waals surface area (Å²) in [6.45, 7) is 0.0772. The SMILES string of the molecule is COc1cc2c(cc1OC)N(C)C(=O)CN=C2c1ccc(Cl)cc1. The van der Waals surface area contributed by atoms with Gasteiger partial charge in [-0.2, -0.15) is 0 Å². The molecule has 1 heterocycles. The highest BCUT2D eigenvalue weighted by atomic mass is 35.5. The Balaban J connectivity index is 2.24. The second-order valence-corrected chi connectivity index (χ2v) is 5.79. The number of carbonyl (C=O) groups is 1. The first-order valence-electron chi connectivity index (χ1n) is 7.38. The molecule has 0 N–H and O–H groups in total. The van der Waals surface area contributed by atoms with Crippen LogP contribution in [0.5, 0.6) is 11.5 Å². The Kier molecular flexibility index (Phi) is 4.44. The normalized spacial score (nSPS) is 13.9. The first-order chi connectivity index (χ1) is 11.5. The second-order valence-electron chi connectivity index (χ2n) is 5.35. The smallest absolute Gasteiger partial charge is 0.248 e. The number of hydrogen-bond donors (Lipinski definition) is 0. The first kappa shape index (κ1) is 16.3.